The van der Waals surface area contributed by atoms with Gasteiger partial charge < -0.3 is 15.1 Å². The fourth-order valence-corrected chi connectivity index (χ4v) is 3.12. The predicted octanol–water partition coefficient (Wildman–Crippen LogP) is 1.86. The molecule has 146 valence electrons. The van der Waals surface area contributed by atoms with Crippen molar-refractivity contribution in [3.63, 3.8) is 0 Å². The van der Waals surface area contributed by atoms with Crippen molar-refractivity contribution in [3.05, 3.63) is 36.0 Å². The van der Waals surface area contributed by atoms with Crippen molar-refractivity contribution in [2.24, 2.45) is 0 Å². The van der Waals surface area contributed by atoms with Crippen molar-refractivity contribution in [2.45, 2.75) is 10.7 Å². The van der Waals surface area contributed by atoms with Crippen molar-refractivity contribution >= 4 is 33.2 Å². The molecule has 27 heavy (non-hydrogen) atoms. The standard InChI is InChI=1S/C16H19F2N5O3S/c1-22(2)13-11(9-19-16(21-13)23(3)4)20-14(24)10-7-5-6-8-12(10)27(25,26)15(17)18/h5-9,15H,1-4H3,(H,20,24). The van der Waals surface area contributed by atoms with E-state index in [9.17, 15) is 22.0 Å². The lowest BCUT2D eigenvalue weighted by Gasteiger charge is -2.19. The number of hydrogen-bond acceptors (Lipinski definition) is 7. The first kappa shape index (κ1) is 20.5. The van der Waals surface area contributed by atoms with Gasteiger partial charge in [-0.25, -0.2) is 13.4 Å². The average Bonchev–Trinajstić information content (AvgIpc) is 2.61. The molecule has 1 aromatic heterocycles. The third kappa shape index (κ3) is 4.30. The maximum absolute atomic E-state index is 12.9. The number of aromatic nitrogens is 2. The minimum atomic E-state index is -4.93. The zero-order valence-corrected chi connectivity index (χ0v) is 16.0. The predicted molar refractivity (Wildman–Crippen MR) is 98.3 cm³/mol. The second-order valence-electron chi connectivity index (χ2n) is 5.95. The number of sulfone groups is 1. The van der Waals surface area contributed by atoms with E-state index in [0.29, 0.717) is 11.8 Å². The van der Waals surface area contributed by atoms with Gasteiger partial charge in [-0.3, -0.25) is 4.79 Å². The first-order chi connectivity index (χ1) is 12.6. The first-order valence-electron chi connectivity index (χ1n) is 7.69. The van der Waals surface area contributed by atoms with E-state index in [-0.39, 0.29) is 11.3 Å². The van der Waals surface area contributed by atoms with E-state index >= 15 is 0 Å². The number of carbonyl (C=O) groups is 1. The molecule has 0 fully saturated rings. The summed E-state index contributed by atoms with van der Waals surface area (Å²) in [5, 5.41) is 2.49. The van der Waals surface area contributed by atoms with Crippen LogP contribution < -0.4 is 15.1 Å². The third-order valence-electron chi connectivity index (χ3n) is 3.50. The molecule has 0 bridgehead atoms. The summed E-state index contributed by atoms with van der Waals surface area (Å²) in [4.78, 5) is 23.6. The van der Waals surface area contributed by atoms with Gasteiger partial charge in [-0.2, -0.15) is 13.8 Å². The molecule has 0 radical (unpaired) electrons. The van der Waals surface area contributed by atoms with Crippen LogP contribution in [0.4, 0.5) is 26.2 Å². The van der Waals surface area contributed by atoms with Crippen LogP contribution in [0.1, 0.15) is 10.4 Å². The number of carbonyl (C=O) groups excluding carboxylic acids is 1. The Bertz CT molecular complexity index is 949. The summed E-state index contributed by atoms with van der Waals surface area (Å²) >= 11 is 0. The Labute approximate surface area is 155 Å². The van der Waals surface area contributed by atoms with Gasteiger partial charge >= 0.3 is 5.76 Å². The lowest BCUT2D eigenvalue weighted by Crippen LogP contribution is -2.23. The molecule has 0 aliphatic heterocycles. The molecule has 1 aromatic carbocycles. The van der Waals surface area contributed by atoms with E-state index in [0.717, 1.165) is 12.1 Å². The molecule has 0 aliphatic carbocycles. The molecule has 8 nitrogen and oxygen atoms in total. The summed E-state index contributed by atoms with van der Waals surface area (Å²) in [7, 11) is 1.97. The molecule has 1 amide bonds. The largest absolute Gasteiger partial charge is 0.361 e. The normalized spacial score (nSPS) is 11.4. The summed E-state index contributed by atoms with van der Waals surface area (Å²) in [6.07, 6.45) is 1.36. The molecule has 0 spiro atoms. The van der Waals surface area contributed by atoms with Crippen LogP contribution in [0, 0.1) is 0 Å². The van der Waals surface area contributed by atoms with Crippen LogP contribution in [0.2, 0.25) is 0 Å². The molecule has 0 unspecified atom stereocenters. The van der Waals surface area contributed by atoms with Gasteiger partial charge in [-0.05, 0) is 12.1 Å². The van der Waals surface area contributed by atoms with Gasteiger partial charge in [0.1, 0.15) is 5.69 Å². The Hall–Kier alpha value is -2.82. The van der Waals surface area contributed by atoms with Crippen molar-refractivity contribution in [2.75, 3.05) is 43.3 Å². The van der Waals surface area contributed by atoms with E-state index < -0.39 is 26.4 Å². The summed E-state index contributed by atoms with van der Waals surface area (Å²) in [5.41, 5.74) is -0.181. The minimum absolute atomic E-state index is 0.208. The SMILES string of the molecule is CN(C)c1ncc(NC(=O)c2ccccc2S(=O)(=O)C(F)F)c(N(C)C)n1. The third-order valence-corrected chi connectivity index (χ3v) is 4.94. The number of nitrogens with one attached hydrogen (secondary N) is 1. The Kier molecular flexibility index (Phi) is 5.94. The quantitative estimate of drug-likeness (QED) is 0.792. The lowest BCUT2D eigenvalue weighted by atomic mass is 10.2. The number of hydrogen-bond donors (Lipinski definition) is 1. The fraction of sp³-hybridized carbons (Fsp3) is 0.312. The van der Waals surface area contributed by atoms with Gasteiger partial charge in [0.2, 0.25) is 15.8 Å². The summed E-state index contributed by atoms with van der Waals surface area (Å²) in [6, 6.07) is 4.79. The average molecular weight is 399 g/mol. The van der Waals surface area contributed by atoms with E-state index in [1.807, 2.05) is 0 Å². The summed E-state index contributed by atoms with van der Waals surface area (Å²) in [5.74, 6) is -3.72. The van der Waals surface area contributed by atoms with Crippen molar-refractivity contribution in [1.82, 2.24) is 9.97 Å². The summed E-state index contributed by atoms with van der Waals surface area (Å²) in [6.45, 7) is 0. The number of nitrogens with zero attached hydrogens (tertiary/aromatic N) is 4. The van der Waals surface area contributed by atoms with E-state index in [2.05, 4.69) is 15.3 Å². The van der Waals surface area contributed by atoms with Crippen LogP contribution in [0.5, 0.6) is 0 Å². The zero-order chi connectivity index (χ0) is 20.4. The van der Waals surface area contributed by atoms with E-state index in [1.165, 1.54) is 18.3 Å². The van der Waals surface area contributed by atoms with Gasteiger partial charge in [0.05, 0.1) is 16.7 Å². The number of anilines is 3. The van der Waals surface area contributed by atoms with Gasteiger partial charge in [-0.15, -0.1) is 0 Å². The van der Waals surface area contributed by atoms with Crippen molar-refractivity contribution in [1.29, 1.82) is 0 Å². The minimum Gasteiger partial charge on any atom is -0.361 e. The molecule has 2 aromatic rings. The van der Waals surface area contributed by atoms with Gasteiger partial charge in [0.15, 0.2) is 5.82 Å². The zero-order valence-electron chi connectivity index (χ0n) is 15.1. The highest BCUT2D eigenvalue weighted by Crippen LogP contribution is 2.26. The highest BCUT2D eigenvalue weighted by atomic mass is 32.2. The highest BCUT2D eigenvalue weighted by molar-refractivity contribution is 7.91. The highest BCUT2D eigenvalue weighted by Gasteiger charge is 2.31. The van der Waals surface area contributed by atoms with Crippen LogP contribution in [-0.2, 0) is 9.84 Å². The van der Waals surface area contributed by atoms with Crippen LogP contribution in [0.15, 0.2) is 35.4 Å². The fourth-order valence-electron chi connectivity index (χ4n) is 2.20. The number of halogens is 2. The van der Waals surface area contributed by atoms with Crippen LogP contribution >= 0.6 is 0 Å². The van der Waals surface area contributed by atoms with Crippen LogP contribution in [-0.4, -0.2) is 58.2 Å². The van der Waals surface area contributed by atoms with E-state index in [4.69, 9.17) is 0 Å². The molecular formula is C16H19F2N5O3S. The van der Waals surface area contributed by atoms with Gasteiger partial charge in [0, 0.05) is 28.2 Å². The second-order valence-corrected chi connectivity index (χ2v) is 7.84. The maximum Gasteiger partial charge on any atom is 0.341 e. The number of rotatable bonds is 6. The van der Waals surface area contributed by atoms with Crippen LogP contribution in [0.3, 0.4) is 0 Å². The molecule has 0 aliphatic rings. The Morgan fingerprint density at radius 1 is 1.11 bits per heavy atom. The lowest BCUT2D eigenvalue weighted by molar-refractivity contribution is 0.102. The topological polar surface area (TPSA) is 95.5 Å². The molecule has 2 rings (SSSR count). The molecule has 1 N–H and O–H groups in total. The smallest absolute Gasteiger partial charge is 0.341 e. The number of amides is 1. The van der Waals surface area contributed by atoms with Crippen molar-refractivity contribution < 1.29 is 22.0 Å². The Balaban J connectivity index is 2.45. The summed E-state index contributed by atoms with van der Waals surface area (Å²) < 4.78 is 49.5. The maximum atomic E-state index is 12.9. The molecule has 0 saturated heterocycles. The molecule has 11 heteroatoms. The van der Waals surface area contributed by atoms with Crippen molar-refractivity contribution in [3.8, 4) is 0 Å². The number of alkyl halides is 2. The molecular weight excluding hydrogens is 380 g/mol. The van der Waals surface area contributed by atoms with E-state index in [1.54, 1.807) is 38.0 Å². The monoisotopic (exact) mass is 399 g/mol. The second kappa shape index (κ2) is 7.82. The molecule has 1 heterocycles. The van der Waals surface area contributed by atoms with Gasteiger partial charge in [0.25, 0.3) is 5.91 Å². The molecule has 0 atom stereocenters. The Morgan fingerprint density at radius 3 is 2.30 bits per heavy atom. The van der Waals surface area contributed by atoms with Crippen LogP contribution in [0.25, 0.3) is 0 Å². The Morgan fingerprint density at radius 2 is 1.74 bits per heavy atom. The number of benzene rings is 1. The van der Waals surface area contributed by atoms with Gasteiger partial charge in [-0.1, -0.05) is 12.1 Å². The molecule has 0 saturated carbocycles. The first-order valence-corrected chi connectivity index (χ1v) is 9.24.